The van der Waals surface area contributed by atoms with Gasteiger partial charge in [0.2, 0.25) is 0 Å². The molecule has 0 saturated heterocycles. The summed E-state index contributed by atoms with van der Waals surface area (Å²) in [7, 11) is 0. The van der Waals surface area contributed by atoms with Gasteiger partial charge in [0.15, 0.2) is 0 Å². The maximum atomic E-state index is 15.3. The smallest absolute Gasteiger partial charge is 0.265 e. The van der Waals surface area contributed by atoms with Gasteiger partial charge in [-0.1, -0.05) is 131 Å². The molecule has 6 heteroatoms. The maximum absolute atomic E-state index is 15.3. The number of aryl methyl sites for hydroxylation is 4. The van der Waals surface area contributed by atoms with E-state index in [9.17, 15) is 0 Å². The summed E-state index contributed by atoms with van der Waals surface area (Å²) in [6, 6.07) is 69.6. The van der Waals surface area contributed by atoms with Gasteiger partial charge in [-0.2, -0.15) is 0 Å². The van der Waals surface area contributed by atoms with Gasteiger partial charge >= 0.3 is 0 Å². The van der Waals surface area contributed by atoms with Crippen LogP contribution in [-0.2, 0) is 9.59 Å². The lowest BCUT2D eigenvalue weighted by molar-refractivity contribution is -0.115. The van der Waals surface area contributed by atoms with Crippen molar-refractivity contribution in [1.29, 1.82) is 0 Å². The first-order valence-corrected chi connectivity index (χ1v) is 21.6. The van der Waals surface area contributed by atoms with Crippen LogP contribution in [0, 0.1) is 27.7 Å². The predicted molar refractivity (Wildman–Crippen MR) is 263 cm³/mol. The maximum Gasteiger partial charge on any atom is 0.265 e. The normalized spacial score (nSPS) is 13.5. The Balaban J connectivity index is 1.13. The van der Waals surface area contributed by atoms with Crippen molar-refractivity contribution in [1.82, 2.24) is 0 Å². The number of amides is 2. The minimum absolute atomic E-state index is 0.256. The van der Waals surface area contributed by atoms with E-state index in [2.05, 4.69) is 159 Å². The fourth-order valence-electron chi connectivity index (χ4n) is 8.70. The van der Waals surface area contributed by atoms with Crippen LogP contribution >= 0.6 is 0 Å². The summed E-state index contributed by atoms with van der Waals surface area (Å²) in [6.07, 6.45) is 0. The second-order valence-electron chi connectivity index (χ2n) is 16.5. The van der Waals surface area contributed by atoms with Gasteiger partial charge in [0.25, 0.3) is 11.8 Å². The van der Waals surface area contributed by atoms with E-state index in [-0.39, 0.29) is 11.8 Å². The van der Waals surface area contributed by atoms with Crippen molar-refractivity contribution in [3.8, 4) is 0 Å². The van der Waals surface area contributed by atoms with Crippen LogP contribution < -0.4 is 19.6 Å². The Kier molecular flexibility index (Phi) is 10.3. The second-order valence-corrected chi connectivity index (χ2v) is 16.5. The zero-order valence-corrected chi connectivity index (χ0v) is 36.2. The van der Waals surface area contributed by atoms with Gasteiger partial charge in [-0.15, -0.1) is 0 Å². The van der Waals surface area contributed by atoms with E-state index in [4.69, 9.17) is 0 Å². The fraction of sp³-hybridized carbons (Fsp3) is 0.0690. The molecular formula is C58H46N4O2. The van der Waals surface area contributed by atoms with Crippen molar-refractivity contribution in [2.75, 3.05) is 19.6 Å². The molecule has 0 aromatic heterocycles. The fourth-order valence-corrected chi connectivity index (χ4v) is 8.70. The number of carbonyl (C=O) groups is 2. The second kappa shape index (κ2) is 16.6. The van der Waals surface area contributed by atoms with E-state index >= 15 is 9.59 Å². The molecule has 0 fully saturated rings. The van der Waals surface area contributed by atoms with E-state index in [1.807, 2.05) is 84.9 Å². The Morgan fingerprint density at radius 2 is 0.531 bits per heavy atom. The van der Waals surface area contributed by atoms with E-state index < -0.39 is 0 Å². The summed E-state index contributed by atoms with van der Waals surface area (Å²) in [5.74, 6) is -0.513. The van der Waals surface area contributed by atoms with Gasteiger partial charge in [-0.3, -0.25) is 19.4 Å². The number of para-hydroxylation sites is 2. The van der Waals surface area contributed by atoms with Crippen molar-refractivity contribution >= 4 is 68.7 Å². The SMILES string of the molecule is Cc1ccc(N(c2ccc(C)cc2)c2ccc(C3=C4C(=O)N(c5ccccc5)C(c5ccc(N(c6ccc(C)cc6)c6ccc(C)cc6)cc5)=C4C(=O)N3c3ccccc3)cc2)cc1. The topological polar surface area (TPSA) is 47.1 Å². The van der Waals surface area contributed by atoms with Crippen LogP contribution in [-0.4, -0.2) is 11.8 Å². The highest BCUT2D eigenvalue weighted by atomic mass is 16.2. The minimum Gasteiger partial charge on any atom is -0.311 e. The molecule has 0 saturated carbocycles. The number of carbonyl (C=O) groups excluding carboxylic acids is 2. The molecule has 0 unspecified atom stereocenters. The first-order chi connectivity index (χ1) is 31.2. The number of hydrogen-bond acceptors (Lipinski definition) is 4. The third kappa shape index (κ3) is 7.25. The molecule has 0 aliphatic carbocycles. The first-order valence-electron chi connectivity index (χ1n) is 21.6. The molecule has 8 aromatic carbocycles. The Hall–Kier alpha value is -8.22. The summed E-state index contributed by atoms with van der Waals surface area (Å²) in [5.41, 5.74) is 15.4. The molecule has 2 heterocycles. The Labute approximate surface area is 374 Å². The van der Waals surface area contributed by atoms with Crippen molar-refractivity contribution in [3.63, 3.8) is 0 Å². The van der Waals surface area contributed by atoms with E-state index in [1.165, 1.54) is 22.3 Å². The van der Waals surface area contributed by atoms with Gasteiger partial charge in [0.05, 0.1) is 22.5 Å². The molecule has 64 heavy (non-hydrogen) atoms. The Morgan fingerprint density at radius 1 is 0.297 bits per heavy atom. The summed E-state index contributed by atoms with van der Waals surface area (Å²) in [4.78, 5) is 38.5. The number of fused-ring (bicyclic) bond motifs is 1. The van der Waals surface area contributed by atoms with Crippen molar-refractivity contribution in [2.24, 2.45) is 0 Å². The van der Waals surface area contributed by atoms with Crippen molar-refractivity contribution in [3.05, 3.63) is 251 Å². The largest absolute Gasteiger partial charge is 0.311 e. The number of benzene rings is 8. The molecule has 8 aromatic rings. The highest BCUT2D eigenvalue weighted by Gasteiger charge is 2.50. The molecular weight excluding hydrogens is 785 g/mol. The summed E-state index contributed by atoms with van der Waals surface area (Å²) < 4.78 is 0. The Morgan fingerprint density at radius 3 is 0.781 bits per heavy atom. The van der Waals surface area contributed by atoms with Gasteiger partial charge in [0, 0.05) is 45.5 Å². The van der Waals surface area contributed by atoms with Crippen LogP contribution in [0.4, 0.5) is 45.5 Å². The molecule has 10 rings (SSSR count). The summed E-state index contributed by atoms with van der Waals surface area (Å²) in [6.45, 7) is 8.35. The van der Waals surface area contributed by atoms with E-state index in [0.717, 1.165) is 45.3 Å². The molecule has 310 valence electrons. The number of nitrogens with zero attached hydrogens (tertiary/aromatic N) is 4. The van der Waals surface area contributed by atoms with Gasteiger partial charge in [-0.25, -0.2) is 0 Å². The van der Waals surface area contributed by atoms with Crippen LogP contribution in [0.3, 0.4) is 0 Å². The predicted octanol–water partition coefficient (Wildman–Crippen LogP) is 14.1. The summed E-state index contributed by atoms with van der Waals surface area (Å²) >= 11 is 0. The molecule has 0 N–H and O–H groups in total. The van der Waals surface area contributed by atoms with E-state index in [1.54, 1.807) is 9.80 Å². The highest BCUT2D eigenvalue weighted by molar-refractivity contribution is 6.41. The quantitative estimate of drug-likeness (QED) is 0.138. The molecule has 2 aliphatic heterocycles. The average Bonchev–Trinajstić information content (AvgIpc) is 3.80. The Bertz CT molecular complexity index is 2760. The highest BCUT2D eigenvalue weighted by Crippen LogP contribution is 2.50. The number of hydrogen-bond donors (Lipinski definition) is 0. The van der Waals surface area contributed by atoms with Crippen LogP contribution in [0.1, 0.15) is 33.4 Å². The van der Waals surface area contributed by atoms with Crippen LogP contribution in [0.25, 0.3) is 11.4 Å². The lowest BCUT2D eigenvalue weighted by Gasteiger charge is -2.28. The average molecular weight is 831 g/mol. The first kappa shape index (κ1) is 39.9. The lowest BCUT2D eigenvalue weighted by atomic mass is 10.0. The zero-order valence-electron chi connectivity index (χ0n) is 36.2. The van der Waals surface area contributed by atoms with Crippen LogP contribution in [0.5, 0.6) is 0 Å². The van der Waals surface area contributed by atoms with Crippen molar-refractivity contribution < 1.29 is 9.59 Å². The van der Waals surface area contributed by atoms with Gasteiger partial charge in [-0.05, 0) is 136 Å². The molecule has 0 atom stereocenters. The number of rotatable bonds is 10. The molecule has 0 radical (unpaired) electrons. The summed E-state index contributed by atoms with van der Waals surface area (Å²) in [5, 5.41) is 0. The third-order valence-electron chi connectivity index (χ3n) is 12.0. The minimum atomic E-state index is -0.256. The molecule has 6 nitrogen and oxygen atoms in total. The monoisotopic (exact) mass is 830 g/mol. The van der Waals surface area contributed by atoms with Crippen LogP contribution in [0.2, 0.25) is 0 Å². The molecule has 2 aliphatic rings. The van der Waals surface area contributed by atoms with Gasteiger partial charge in [0.1, 0.15) is 0 Å². The third-order valence-corrected chi connectivity index (χ3v) is 12.0. The van der Waals surface area contributed by atoms with E-state index in [0.29, 0.717) is 33.9 Å². The molecule has 0 bridgehead atoms. The number of anilines is 8. The molecule has 0 spiro atoms. The van der Waals surface area contributed by atoms with Crippen molar-refractivity contribution in [2.45, 2.75) is 27.7 Å². The lowest BCUT2D eigenvalue weighted by Crippen LogP contribution is -2.29. The standard InChI is InChI=1S/C58H46N4O2/c1-39-15-27-47(28-16-39)59(48-29-17-40(2)18-30-48)51-35-23-43(24-36-51)55-53-54(58(64)61(55)45-11-7-5-8-12-45)56(62(57(53)63)46-13-9-6-10-14-46)44-25-37-52(38-26-44)60(49-31-19-41(3)20-32-49)50-33-21-42(4)22-34-50/h5-38H,1-4H3. The van der Waals surface area contributed by atoms with Crippen LogP contribution in [0.15, 0.2) is 217 Å². The van der Waals surface area contributed by atoms with Gasteiger partial charge < -0.3 is 9.80 Å². The zero-order chi connectivity index (χ0) is 43.9. The molecule has 2 amide bonds.